The number of nitrogens with zero attached hydrogens (tertiary/aromatic N) is 2. The molecular formula is C15H23N3O3. The van der Waals surface area contributed by atoms with Crippen molar-refractivity contribution in [3.8, 4) is 5.88 Å². The Bertz CT molecular complexity index is 442. The molecule has 0 spiro atoms. The molecule has 116 valence electrons. The topological polar surface area (TPSA) is 63.7 Å². The second-order valence-corrected chi connectivity index (χ2v) is 5.37. The number of likely N-dealkylation sites (N-methyl/N-ethyl adjacent to an activating group) is 1. The average molecular weight is 293 g/mol. The highest BCUT2D eigenvalue weighted by Crippen LogP contribution is 2.15. The number of aromatic nitrogens is 1. The molecule has 1 N–H and O–H groups in total. The highest BCUT2D eigenvalue weighted by molar-refractivity contribution is 5.93. The summed E-state index contributed by atoms with van der Waals surface area (Å²) in [7, 11) is 3.94. The monoisotopic (exact) mass is 293 g/mol. The minimum atomic E-state index is -0.109. The lowest BCUT2D eigenvalue weighted by atomic mass is 10.1. The summed E-state index contributed by atoms with van der Waals surface area (Å²) in [4.78, 5) is 18.1. The molecule has 1 aliphatic rings. The summed E-state index contributed by atoms with van der Waals surface area (Å²) in [5.41, 5.74) is 0.549. The predicted molar refractivity (Wildman–Crippen MR) is 79.6 cm³/mol. The van der Waals surface area contributed by atoms with Crippen molar-refractivity contribution in [2.45, 2.75) is 18.9 Å². The van der Waals surface area contributed by atoms with E-state index in [0.717, 1.165) is 32.6 Å². The molecule has 6 nitrogen and oxygen atoms in total. The first-order valence-corrected chi connectivity index (χ1v) is 7.28. The van der Waals surface area contributed by atoms with Crippen LogP contribution in [0.1, 0.15) is 23.2 Å². The summed E-state index contributed by atoms with van der Waals surface area (Å²) < 4.78 is 11.1. The Morgan fingerprint density at radius 3 is 2.81 bits per heavy atom. The minimum absolute atomic E-state index is 0.109. The Morgan fingerprint density at radius 2 is 2.19 bits per heavy atom. The van der Waals surface area contributed by atoms with Gasteiger partial charge in [0, 0.05) is 38.2 Å². The fourth-order valence-electron chi connectivity index (χ4n) is 2.04. The third-order valence-corrected chi connectivity index (χ3v) is 3.30. The summed E-state index contributed by atoms with van der Waals surface area (Å²) in [6.07, 6.45) is 3.48. The van der Waals surface area contributed by atoms with Gasteiger partial charge in [-0.25, -0.2) is 4.98 Å². The van der Waals surface area contributed by atoms with Crippen molar-refractivity contribution in [3.05, 3.63) is 23.9 Å². The zero-order chi connectivity index (χ0) is 15.1. The second kappa shape index (κ2) is 7.95. The number of rotatable bonds is 6. The first-order valence-electron chi connectivity index (χ1n) is 7.28. The molecule has 6 heteroatoms. The zero-order valence-corrected chi connectivity index (χ0v) is 12.7. The summed E-state index contributed by atoms with van der Waals surface area (Å²) in [6, 6.07) is 3.49. The fourth-order valence-corrected chi connectivity index (χ4v) is 2.04. The van der Waals surface area contributed by atoms with Gasteiger partial charge in [0.05, 0.1) is 18.8 Å². The molecule has 1 saturated heterocycles. The third kappa shape index (κ3) is 5.32. The molecule has 0 aliphatic carbocycles. The van der Waals surface area contributed by atoms with Gasteiger partial charge in [-0.1, -0.05) is 0 Å². The lowest BCUT2D eigenvalue weighted by Crippen LogP contribution is -2.31. The molecule has 1 aromatic rings. The fraction of sp³-hybridized carbons (Fsp3) is 0.600. The molecular weight excluding hydrogens is 270 g/mol. The van der Waals surface area contributed by atoms with E-state index in [1.54, 1.807) is 18.3 Å². The van der Waals surface area contributed by atoms with E-state index in [1.807, 2.05) is 19.0 Å². The highest BCUT2D eigenvalue weighted by Gasteiger charge is 2.16. The molecule has 2 rings (SSSR count). The number of carbonyl (C=O) groups excluding carboxylic acids is 1. The van der Waals surface area contributed by atoms with Gasteiger partial charge in [-0.15, -0.1) is 0 Å². The molecule has 0 unspecified atom stereocenters. The number of carbonyl (C=O) groups is 1. The number of amides is 1. The van der Waals surface area contributed by atoms with E-state index in [-0.39, 0.29) is 12.0 Å². The summed E-state index contributed by atoms with van der Waals surface area (Å²) in [6.45, 7) is 2.89. The predicted octanol–water partition coefficient (Wildman–Crippen LogP) is 0.931. The highest BCUT2D eigenvalue weighted by atomic mass is 16.5. The van der Waals surface area contributed by atoms with E-state index in [0.29, 0.717) is 18.0 Å². The summed E-state index contributed by atoms with van der Waals surface area (Å²) >= 11 is 0. The Kier molecular flexibility index (Phi) is 5.95. The van der Waals surface area contributed by atoms with Crippen LogP contribution in [0.2, 0.25) is 0 Å². The Morgan fingerprint density at radius 1 is 1.43 bits per heavy atom. The van der Waals surface area contributed by atoms with Crippen LogP contribution in [0.15, 0.2) is 18.3 Å². The maximum Gasteiger partial charge on any atom is 0.252 e. The molecule has 2 heterocycles. The number of hydrogen-bond donors (Lipinski definition) is 1. The Labute approximate surface area is 125 Å². The van der Waals surface area contributed by atoms with Crippen molar-refractivity contribution in [2.24, 2.45) is 0 Å². The first-order chi connectivity index (χ1) is 10.1. The molecule has 0 radical (unpaired) electrons. The number of pyridine rings is 1. The van der Waals surface area contributed by atoms with Crippen molar-refractivity contribution < 1.29 is 14.3 Å². The third-order valence-electron chi connectivity index (χ3n) is 3.30. The molecule has 0 saturated carbocycles. The molecule has 1 fully saturated rings. The Hall–Kier alpha value is -1.66. The van der Waals surface area contributed by atoms with Gasteiger partial charge in [0.25, 0.3) is 5.91 Å². The molecule has 0 aromatic carbocycles. The standard InChI is InChI=1S/C15H23N3O3/c1-18(2)8-7-16-15(19)12-3-4-14(17-11-12)21-13-5-9-20-10-6-13/h3-4,11,13H,5-10H2,1-2H3,(H,16,19). The van der Waals surface area contributed by atoms with Crippen molar-refractivity contribution >= 4 is 5.91 Å². The van der Waals surface area contributed by atoms with Gasteiger partial charge in [-0.2, -0.15) is 0 Å². The van der Waals surface area contributed by atoms with Crippen molar-refractivity contribution in [3.63, 3.8) is 0 Å². The van der Waals surface area contributed by atoms with Gasteiger partial charge in [0.1, 0.15) is 6.10 Å². The quantitative estimate of drug-likeness (QED) is 0.845. The average Bonchev–Trinajstić information content (AvgIpc) is 2.48. The van der Waals surface area contributed by atoms with E-state index in [2.05, 4.69) is 10.3 Å². The van der Waals surface area contributed by atoms with Crippen LogP contribution in [0, 0.1) is 0 Å². The van der Waals surface area contributed by atoms with Gasteiger partial charge < -0.3 is 19.7 Å². The Balaban J connectivity index is 1.81. The van der Waals surface area contributed by atoms with Gasteiger partial charge in [0.2, 0.25) is 5.88 Å². The SMILES string of the molecule is CN(C)CCNC(=O)c1ccc(OC2CCOCC2)nc1. The normalized spacial score (nSPS) is 16.0. The maximum atomic E-state index is 11.9. The van der Waals surface area contributed by atoms with Crippen LogP contribution in [0.3, 0.4) is 0 Å². The van der Waals surface area contributed by atoms with E-state index in [9.17, 15) is 4.79 Å². The molecule has 1 amide bonds. The van der Waals surface area contributed by atoms with Crippen molar-refractivity contribution in [1.82, 2.24) is 15.2 Å². The van der Waals surface area contributed by atoms with Gasteiger partial charge in [0.15, 0.2) is 0 Å². The number of nitrogens with one attached hydrogen (secondary N) is 1. The maximum absolute atomic E-state index is 11.9. The van der Waals surface area contributed by atoms with Crippen LogP contribution < -0.4 is 10.1 Å². The van der Waals surface area contributed by atoms with Crippen LogP contribution in [-0.2, 0) is 4.74 Å². The van der Waals surface area contributed by atoms with Crippen LogP contribution in [0.5, 0.6) is 5.88 Å². The molecule has 1 aliphatic heterocycles. The largest absolute Gasteiger partial charge is 0.474 e. The smallest absolute Gasteiger partial charge is 0.252 e. The molecule has 21 heavy (non-hydrogen) atoms. The van der Waals surface area contributed by atoms with E-state index >= 15 is 0 Å². The summed E-state index contributed by atoms with van der Waals surface area (Å²) in [5.74, 6) is 0.453. The summed E-state index contributed by atoms with van der Waals surface area (Å²) in [5, 5.41) is 2.85. The van der Waals surface area contributed by atoms with Crippen LogP contribution in [-0.4, -0.2) is 62.3 Å². The number of hydrogen-bond acceptors (Lipinski definition) is 5. The van der Waals surface area contributed by atoms with Gasteiger partial charge in [-0.05, 0) is 20.2 Å². The van der Waals surface area contributed by atoms with Crippen LogP contribution in [0.4, 0.5) is 0 Å². The molecule has 1 aromatic heterocycles. The van der Waals surface area contributed by atoms with E-state index in [4.69, 9.17) is 9.47 Å². The lowest BCUT2D eigenvalue weighted by molar-refractivity contribution is 0.0237. The van der Waals surface area contributed by atoms with Gasteiger partial charge in [-0.3, -0.25) is 4.79 Å². The molecule has 0 bridgehead atoms. The van der Waals surface area contributed by atoms with Crippen molar-refractivity contribution in [1.29, 1.82) is 0 Å². The number of ether oxygens (including phenoxy) is 2. The van der Waals surface area contributed by atoms with Crippen LogP contribution in [0.25, 0.3) is 0 Å². The van der Waals surface area contributed by atoms with E-state index in [1.165, 1.54) is 0 Å². The minimum Gasteiger partial charge on any atom is -0.474 e. The second-order valence-electron chi connectivity index (χ2n) is 5.37. The van der Waals surface area contributed by atoms with Gasteiger partial charge >= 0.3 is 0 Å². The van der Waals surface area contributed by atoms with Crippen LogP contribution >= 0.6 is 0 Å². The van der Waals surface area contributed by atoms with Crippen molar-refractivity contribution in [2.75, 3.05) is 40.4 Å². The van der Waals surface area contributed by atoms with E-state index < -0.39 is 0 Å². The first kappa shape index (κ1) is 15.7. The lowest BCUT2D eigenvalue weighted by Gasteiger charge is -2.22. The molecule has 0 atom stereocenters. The zero-order valence-electron chi connectivity index (χ0n) is 12.7.